The van der Waals surface area contributed by atoms with Crippen molar-refractivity contribution < 1.29 is 0 Å². The fourth-order valence-electron chi connectivity index (χ4n) is 2.10. The Morgan fingerprint density at radius 2 is 1.90 bits per heavy atom. The van der Waals surface area contributed by atoms with Crippen LogP contribution >= 0.6 is 0 Å². The second kappa shape index (κ2) is 2.39. The molecule has 0 saturated carbocycles. The fraction of sp³-hybridized carbons (Fsp3) is 0.778. The van der Waals surface area contributed by atoms with E-state index < -0.39 is 0 Å². The van der Waals surface area contributed by atoms with Gasteiger partial charge in [-0.15, -0.1) is 0 Å². The first-order valence-corrected chi connectivity index (χ1v) is 4.33. The van der Waals surface area contributed by atoms with Crippen molar-refractivity contribution >= 4 is 0 Å². The van der Waals surface area contributed by atoms with Crippen LogP contribution in [0.5, 0.6) is 0 Å². The van der Waals surface area contributed by atoms with E-state index in [0.29, 0.717) is 12.1 Å². The van der Waals surface area contributed by atoms with Crippen LogP contribution in [-0.4, -0.2) is 12.1 Å². The Morgan fingerprint density at radius 1 is 1.30 bits per heavy atom. The predicted octanol–water partition coefficient (Wildman–Crippen LogP) is 1.70. The number of hydrogen-bond acceptors (Lipinski definition) is 1. The molecule has 1 N–H and O–H groups in total. The van der Waals surface area contributed by atoms with E-state index >= 15 is 0 Å². The molecule has 2 rings (SSSR count). The lowest BCUT2D eigenvalue weighted by Gasteiger charge is -2.28. The predicted molar refractivity (Wildman–Crippen MR) is 42.9 cm³/mol. The van der Waals surface area contributed by atoms with Crippen molar-refractivity contribution in [1.29, 1.82) is 0 Å². The Kier molecular flexibility index (Phi) is 1.53. The first-order chi connectivity index (χ1) is 4.88. The smallest absolute Gasteiger partial charge is 0.0258 e. The van der Waals surface area contributed by atoms with Crippen LogP contribution in [0.3, 0.4) is 0 Å². The SMILES string of the molecule is CCC1CC2C=CC(C1)N2. The zero-order chi connectivity index (χ0) is 6.97. The van der Waals surface area contributed by atoms with Crippen LogP contribution in [0.4, 0.5) is 0 Å². The Morgan fingerprint density at radius 3 is 2.40 bits per heavy atom. The van der Waals surface area contributed by atoms with Crippen molar-refractivity contribution in [2.24, 2.45) is 5.92 Å². The molecule has 1 heteroatoms. The largest absolute Gasteiger partial charge is 0.304 e. The quantitative estimate of drug-likeness (QED) is 0.542. The number of nitrogens with one attached hydrogen (secondary N) is 1. The molecule has 10 heavy (non-hydrogen) atoms. The van der Waals surface area contributed by atoms with E-state index in [1.807, 2.05) is 0 Å². The van der Waals surface area contributed by atoms with Gasteiger partial charge in [-0.1, -0.05) is 25.5 Å². The van der Waals surface area contributed by atoms with E-state index in [4.69, 9.17) is 0 Å². The number of hydrogen-bond donors (Lipinski definition) is 1. The summed E-state index contributed by atoms with van der Waals surface area (Å²) in [5.74, 6) is 0.978. The van der Waals surface area contributed by atoms with Crippen LogP contribution in [0.25, 0.3) is 0 Å². The van der Waals surface area contributed by atoms with Crippen LogP contribution in [0.1, 0.15) is 26.2 Å². The van der Waals surface area contributed by atoms with Gasteiger partial charge in [-0.05, 0) is 18.8 Å². The van der Waals surface area contributed by atoms with Crippen molar-refractivity contribution in [3.05, 3.63) is 12.2 Å². The molecule has 0 spiro atoms. The molecular formula is C9H15N. The summed E-state index contributed by atoms with van der Waals surface area (Å²) < 4.78 is 0. The van der Waals surface area contributed by atoms with E-state index in [2.05, 4.69) is 24.4 Å². The molecule has 0 aromatic carbocycles. The molecule has 2 aliphatic heterocycles. The minimum atomic E-state index is 0.712. The second-order valence-corrected chi connectivity index (χ2v) is 3.51. The van der Waals surface area contributed by atoms with Gasteiger partial charge in [-0.25, -0.2) is 0 Å². The highest BCUT2D eigenvalue weighted by atomic mass is 15.0. The zero-order valence-corrected chi connectivity index (χ0v) is 6.51. The molecule has 1 fully saturated rings. The summed E-state index contributed by atoms with van der Waals surface area (Å²) in [6, 6.07) is 1.42. The molecule has 56 valence electrons. The number of rotatable bonds is 1. The zero-order valence-electron chi connectivity index (χ0n) is 6.51. The van der Waals surface area contributed by atoms with Crippen LogP contribution in [0.15, 0.2) is 12.2 Å². The summed E-state index contributed by atoms with van der Waals surface area (Å²) in [6.07, 6.45) is 8.75. The summed E-state index contributed by atoms with van der Waals surface area (Å²) in [5, 5.41) is 3.54. The highest BCUT2D eigenvalue weighted by molar-refractivity contribution is 5.12. The van der Waals surface area contributed by atoms with E-state index in [1.165, 1.54) is 19.3 Å². The van der Waals surface area contributed by atoms with Crippen LogP contribution in [-0.2, 0) is 0 Å². The summed E-state index contributed by atoms with van der Waals surface area (Å²) >= 11 is 0. The molecule has 2 atom stereocenters. The van der Waals surface area contributed by atoms with Gasteiger partial charge in [0.1, 0.15) is 0 Å². The fourth-order valence-corrected chi connectivity index (χ4v) is 2.10. The van der Waals surface area contributed by atoms with Crippen molar-refractivity contribution in [3.63, 3.8) is 0 Å². The molecule has 0 aromatic rings. The monoisotopic (exact) mass is 137 g/mol. The second-order valence-electron chi connectivity index (χ2n) is 3.51. The normalized spacial score (nSPS) is 44.3. The van der Waals surface area contributed by atoms with E-state index in [1.54, 1.807) is 0 Å². The molecule has 0 aliphatic carbocycles. The maximum absolute atomic E-state index is 3.54. The highest BCUT2D eigenvalue weighted by Gasteiger charge is 2.27. The van der Waals surface area contributed by atoms with Gasteiger partial charge in [0, 0.05) is 12.1 Å². The first kappa shape index (κ1) is 6.41. The van der Waals surface area contributed by atoms with Crippen molar-refractivity contribution in [2.45, 2.75) is 38.3 Å². The molecule has 0 amide bonds. The van der Waals surface area contributed by atoms with Crippen LogP contribution in [0, 0.1) is 5.92 Å². The molecule has 2 aliphatic rings. The Balaban J connectivity index is 2.01. The molecule has 0 radical (unpaired) electrons. The van der Waals surface area contributed by atoms with Crippen LogP contribution < -0.4 is 5.32 Å². The maximum atomic E-state index is 3.54. The lowest BCUT2D eigenvalue weighted by molar-refractivity contribution is 0.307. The number of fused-ring (bicyclic) bond motifs is 2. The van der Waals surface area contributed by atoms with Gasteiger partial charge in [0.15, 0.2) is 0 Å². The van der Waals surface area contributed by atoms with E-state index in [0.717, 1.165) is 5.92 Å². The third-order valence-corrected chi connectivity index (χ3v) is 2.76. The molecule has 1 nitrogen and oxygen atoms in total. The lowest BCUT2D eigenvalue weighted by atomic mass is 9.90. The lowest BCUT2D eigenvalue weighted by Crippen LogP contribution is -2.38. The minimum absolute atomic E-state index is 0.712. The molecule has 1 saturated heterocycles. The standard InChI is InChI=1S/C9H15N/c1-2-7-5-8-3-4-9(6-7)10-8/h3-4,7-10H,2,5-6H2,1H3. The van der Waals surface area contributed by atoms with Gasteiger partial charge in [-0.2, -0.15) is 0 Å². The highest BCUT2D eigenvalue weighted by Crippen LogP contribution is 2.27. The van der Waals surface area contributed by atoms with Crippen LogP contribution in [0.2, 0.25) is 0 Å². The first-order valence-electron chi connectivity index (χ1n) is 4.33. The topological polar surface area (TPSA) is 12.0 Å². The molecular weight excluding hydrogens is 122 g/mol. The third kappa shape index (κ3) is 0.988. The van der Waals surface area contributed by atoms with E-state index in [-0.39, 0.29) is 0 Å². The Bertz CT molecular complexity index is 137. The summed E-state index contributed by atoms with van der Waals surface area (Å²) in [7, 11) is 0. The maximum Gasteiger partial charge on any atom is 0.0258 e. The summed E-state index contributed by atoms with van der Waals surface area (Å²) in [4.78, 5) is 0. The molecule has 0 aromatic heterocycles. The third-order valence-electron chi connectivity index (χ3n) is 2.76. The number of piperidine rings is 1. The summed E-state index contributed by atoms with van der Waals surface area (Å²) in [6.45, 7) is 2.30. The molecule has 2 bridgehead atoms. The van der Waals surface area contributed by atoms with Gasteiger partial charge >= 0.3 is 0 Å². The Labute approximate surface area is 62.5 Å². The average Bonchev–Trinajstić information content (AvgIpc) is 2.30. The van der Waals surface area contributed by atoms with Gasteiger partial charge in [0.05, 0.1) is 0 Å². The van der Waals surface area contributed by atoms with E-state index in [9.17, 15) is 0 Å². The van der Waals surface area contributed by atoms with Crippen molar-refractivity contribution in [2.75, 3.05) is 0 Å². The molecule has 2 heterocycles. The van der Waals surface area contributed by atoms with Gasteiger partial charge in [-0.3, -0.25) is 0 Å². The average molecular weight is 137 g/mol. The van der Waals surface area contributed by atoms with Crippen molar-refractivity contribution in [1.82, 2.24) is 5.32 Å². The molecule has 2 unspecified atom stereocenters. The van der Waals surface area contributed by atoms with Crippen molar-refractivity contribution in [3.8, 4) is 0 Å². The minimum Gasteiger partial charge on any atom is -0.304 e. The van der Waals surface area contributed by atoms with Gasteiger partial charge in [0.2, 0.25) is 0 Å². The van der Waals surface area contributed by atoms with Gasteiger partial charge < -0.3 is 5.32 Å². The van der Waals surface area contributed by atoms with Gasteiger partial charge in [0.25, 0.3) is 0 Å². The Hall–Kier alpha value is -0.300. The summed E-state index contributed by atoms with van der Waals surface area (Å²) in [5.41, 5.74) is 0.